The fraction of sp³-hybridized carbons (Fsp3) is 0.588. The van der Waals surface area contributed by atoms with E-state index < -0.39 is 20.5 Å². The zero-order valence-corrected chi connectivity index (χ0v) is 16.2. The third-order valence-electron chi connectivity index (χ3n) is 4.17. The number of hydrogen-bond acceptors (Lipinski definition) is 4. The second-order valence-electron chi connectivity index (χ2n) is 6.91. The van der Waals surface area contributed by atoms with Gasteiger partial charge in [0.25, 0.3) is 0 Å². The van der Waals surface area contributed by atoms with Crippen molar-refractivity contribution in [3.8, 4) is 0 Å². The van der Waals surface area contributed by atoms with Gasteiger partial charge in [-0.3, -0.25) is 4.79 Å². The highest BCUT2D eigenvalue weighted by molar-refractivity contribution is 8.13. The van der Waals surface area contributed by atoms with E-state index in [1.807, 2.05) is 37.3 Å². The molecule has 2 atom stereocenters. The second-order valence-corrected chi connectivity index (χ2v) is 12.9. The Morgan fingerprint density at radius 2 is 1.82 bits per heavy atom. The van der Waals surface area contributed by atoms with Crippen molar-refractivity contribution in [1.82, 2.24) is 0 Å². The van der Waals surface area contributed by atoms with E-state index in [0.29, 0.717) is 5.75 Å². The molecule has 0 aliphatic carbocycles. The van der Waals surface area contributed by atoms with Crippen LogP contribution in [0.2, 0.25) is 18.1 Å². The van der Waals surface area contributed by atoms with Gasteiger partial charge in [-0.05, 0) is 29.4 Å². The van der Waals surface area contributed by atoms with E-state index in [4.69, 9.17) is 4.43 Å². The second kappa shape index (κ2) is 7.77. The predicted molar refractivity (Wildman–Crippen MR) is 96.6 cm³/mol. The van der Waals surface area contributed by atoms with Crippen LogP contribution in [0, 0.1) is 0 Å². The number of benzene rings is 1. The van der Waals surface area contributed by atoms with Crippen molar-refractivity contribution < 1.29 is 14.3 Å². The maximum absolute atomic E-state index is 12.5. The van der Waals surface area contributed by atoms with E-state index in [9.17, 15) is 9.90 Å². The molecule has 22 heavy (non-hydrogen) atoms. The Kier molecular flexibility index (Phi) is 6.86. The number of carbonyl (C=O) groups is 1. The van der Waals surface area contributed by atoms with Crippen molar-refractivity contribution in [2.75, 3.05) is 5.75 Å². The first-order valence-corrected chi connectivity index (χ1v) is 11.6. The van der Waals surface area contributed by atoms with Gasteiger partial charge in [-0.2, -0.15) is 0 Å². The standard InChI is InChI=1S/C17H28O3SSi/c1-7-21-16(19)15(20-22(5,6)17(2,3)4)14(18)13-11-9-8-10-12-13/h8-12,14-15,18H,7H2,1-6H3/t14-,15+/m0/s1. The molecule has 1 rings (SSSR count). The van der Waals surface area contributed by atoms with Crippen LogP contribution in [0.3, 0.4) is 0 Å². The van der Waals surface area contributed by atoms with Crippen LogP contribution in [0.4, 0.5) is 0 Å². The summed E-state index contributed by atoms with van der Waals surface area (Å²) in [5.41, 5.74) is 0.719. The first-order chi connectivity index (χ1) is 10.1. The van der Waals surface area contributed by atoms with E-state index in [0.717, 1.165) is 5.56 Å². The summed E-state index contributed by atoms with van der Waals surface area (Å²) in [7, 11) is -2.15. The minimum absolute atomic E-state index is 0.0151. The van der Waals surface area contributed by atoms with E-state index in [2.05, 4.69) is 33.9 Å². The molecule has 0 aromatic heterocycles. The van der Waals surface area contributed by atoms with E-state index in [1.54, 1.807) is 0 Å². The lowest BCUT2D eigenvalue weighted by molar-refractivity contribution is -0.122. The number of aliphatic hydroxyl groups excluding tert-OH is 1. The Morgan fingerprint density at radius 3 is 2.27 bits per heavy atom. The largest absolute Gasteiger partial charge is 0.403 e. The predicted octanol–water partition coefficient (Wildman–Crippen LogP) is 4.39. The van der Waals surface area contributed by atoms with Crippen molar-refractivity contribution in [2.24, 2.45) is 0 Å². The Morgan fingerprint density at radius 1 is 1.27 bits per heavy atom. The van der Waals surface area contributed by atoms with Gasteiger partial charge in [0.2, 0.25) is 5.12 Å². The lowest BCUT2D eigenvalue weighted by Gasteiger charge is -2.39. The number of thioether (sulfide) groups is 1. The van der Waals surface area contributed by atoms with Gasteiger partial charge in [-0.25, -0.2) is 0 Å². The zero-order chi connectivity index (χ0) is 17.0. The SMILES string of the molecule is CCSC(=O)[C@H](O[Si](C)(C)C(C)(C)C)[C@@H](O)c1ccccc1. The van der Waals surface area contributed by atoms with Crippen LogP contribution >= 0.6 is 11.8 Å². The van der Waals surface area contributed by atoms with Gasteiger partial charge in [0.05, 0.1) is 0 Å². The number of rotatable bonds is 6. The molecule has 1 N–H and O–H groups in total. The molecule has 0 saturated carbocycles. The maximum Gasteiger partial charge on any atom is 0.219 e. The first-order valence-electron chi connectivity index (χ1n) is 7.67. The molecule has 3 nitrogen and oxygen atoms in total. The van der Waals surface area contributed by atoms with Crippen molar-refractivity contribution in [3.63, 3.8) is 0 Å². The molecule has 124 valence electrons. The summed E-state index contributed by atoms with van der Waals surface area (Å²) >= 11 is 1.21. The highest BCUT2D eigenvalue weighted by Gasteiger charge is 2.42. The van der Waals surface area contributed by atoms with Crippen LogP contribution in [-0.2, 0) is 9.22 Å². The molecule has 1 aromatic carbocycles. The summed E-state index contributed by atoms with van der Waals surface area (Å²) in [5.74, 6) is 0.678. The molecular formula is C17H28O3SSi. The lowest BCUT2D eigenvalue weighted by atomic mass is 10.1. The molecule has 0 unspecified atom stereocenters. The van der Waals surface area contributed by atoms with Gasteiger partial charge in [-0.1, -0.05) is 69.8 Å². The van der Waals surface area contributed by atoms with Crippen LogP contribution in [-0.4, -0.2) is 30.4 Å². The van der Waals surface area contributed by atoms with Gasteiger partial charge in [0, 0.05) is 0 Å². The molecule has 5 heteroatoms. The molecule has 0 spiro atoms. The minimum Gasteiger partial charge on any atom is -0.403 e. The summed E-state index contributed by atoms with van der Waals surface area (Å²) in [5, 5.41) is 10.6. The normalized spacial score (nSPS) is 15.4. The van der Waals surface area contributed by atoms with Gasteiger partial charge in [0.1, 0.15) is 12.2 Å². The summed E-state index contributed by atoms with van der Waals surface area (Å²) in [4.78, 5) is 12.5. The van der Waals surface area contributed by atoms with E-state index in [-0.39, 0.29) is 10.2 Å². The summed E-state index contributed by atoms with van der Waals surface area (Å²) < 4.78 is 6.25. The molecule has 0 radical (unpaired) electrons. The van der Waals surface area contributed by atoms with Gasteiger partial charge >= 0.3 is 0 Å². The van der Waals surface area contributed by atoms with Crippen LogP contribution in [0.1, 0.15) is 39.4 Å². The van der Waals surface area contributed by atoms with E-state index in [1.165, 1.54) is 11.8 Å². The highest BCUT2D eigenvalue weighted by atomic mass is 32.2. The third kappa shape index (κ3) is 4.95. The van der Waals surface area contributed by atoms with Gasteiger partial charge < -0.3 is 9.53 Å². The smallest absolute Gasteiger partial charge is 0.219 e. The van der Waals surface area contributed by atoms with Crippen molar-refractivity contribution in [1.29, 1.82) is 0 Å². The monoisotopic (exact) mass is 340 g/mol. The van der Waals surface area contributed by atoms with Crippen molar-refractivity contribution in [2.45, 2.75) is 58.0 Å². The van der Waals surface area contributed by atoms with Crippen molar-refractivity contribution in [3.05, 3.63) is 35.9 Å². The molecule has 1 aromatic rings. The fourth-order valence-electron chi connectivity index (χ4n) is 1.79. The molecule has 0 amide bonds. The highest BCUT2D eigenvalue weighted by Crippen LogP contribution is 2.39. The molecule has 0 aliphatic rings. The third-order valence-corrected chi connectivity index (χ3v) is 9.44. The van der Waals surface area contributed by atoms with Gasteiger partial charge in [-0.15, -0.1) is 0 Å². The average molecular weight is 341 g/mol. The molecular weight excluding hydrogens is 312 g/mol. The maximum atomic E-state index is 12.5. The average Bonchev–Trinajstić information content (AvgIpc) is 2.44. The lowest BCUT2D eigenvalue weighted by Crippen LogP contribution is -2.47. The molecule has 0 aliphatic heterocycles. The van der Waals surface area contributed by atoms with Crippen molar-refractivity contribution >= 4 is 25.2 Å². The van der Waals surface area contributed by atoms with Crippen LogP contribution in [0.5, 0.6) is 0 Å². The quantitative estimate of drug-likeness (QED) is 0.780. The number of aliphatic hydroxyl groups is 1. The zero-order valence-electron chi connectivity index (χ0n) is 14.4. The molecule has 0 fully saturated rings. The Labute approximate surface area is 139 Å². The molecule has 0 bridgehead atoms. The Bertz CT molecular complexity index is 482. The minimum atomic E-state index is -2.15. The Balaban J connectivity index is 3.06. The molecule has 0 heterocycles. The van der Waals surface area contributed by atoms with Gasteiger partial charge in [0.15, 0.2) is 8.32 Å². The summed E-state index contributed by atoms with van der Waals surface area (Å²) in [6.07, 6.45) is -1.74. The molecule has 0 saturated heterocycles. The fourth-order valence-corrected chi connectivity index (χ4v) is 3.72. The topological polar surface area (TPSA) is 46.5 Å². The Hall–Kier alpha value is -0.623. The van der Waals surface area contributed by atoms with Crippen LogP contribution < -0.4 is 0 Å². The van der Waals surface area contributed by atoms with E-state index >= 15 is 0 Å². The van der Waals surface area contributed by atoms with Crippen LogP contribution in [0.15, 0.2) is 30.3 Å². The summed E-state index contributed by atoms with van der Waals surface area (Å²) in [6, 6.07) is 9.27. The number of carbonyl (C=O) groups excluding carboxylic acids is 1. The van der Waals surface area contributed by atoms with Crippen LogP contribution in [0.25, 0.3) is 0 Å². The summed E-state index contributed by atoms with van der Waals surface area (Å²) in [6.45, 7) is 12.5. The first kappa shape index (κ1) is 19.4. The number of hydrogen-bond donors (Lipinski definition) is 1.